The van der Waals surface area contributed by atoms with Crippen LogP contribution in [0, 0.1) is 5.92 Å². The van der Waals surface area contributed by atoms with Gasteiger partial charge in [0.1, 0.15) is 6.04 Å². The molecule has 4 heteroatoms. The van der Waals surface area contributed by atoms with Crippen molar-refractivity contribution in [3.05, 3.63) is 12.2 Å². The van der Waals surface area contributed by atoms with Crippen molar-refractivity contribution >= 4 is 11.8 Å². The first-order valence-electron chi connectivity index (χ1n) is 6.41. The van der Waals surface area contributed by atoms with Gasteiger partial charge in [-0.1, -0.05) is 12.2 Å². The van der Waals surface area contributed by atoms with Crippen molar-refractivity contribution < 1.29 is 9.59 Å². The Morgan fingerprint density at radius 3 is 2.82 bits per heavy atom. The normalized spacial score (nSPS) is 26.2. The Labute approximate surface area is 102 Å². The van der Waals surface area contributed by atoms with Crippen LogP contribution in [0.3, 0.4) is 0 Å². The minimum atomic E-state index is -0.254. The van der Waals surface area contributed by atoms with Crippen LogP contribution in [0.5, 0.6) is 0 Å². The average molecular weight is 236 g/mol. The van der Waals surface area contributed by atoms with Crippen molar-refractivity contribution in [2.24, 2.45) is 5.92 Å². The van der Waals surface area contributed by atoms with Gasteiger partial charge in [-0.3, -0.25) is 9.59 Å². The van der Waals surface area contributed by atoms with Crippen LogP contribution in [0.4, 0.5) is 0 Å². The van der Waals surface area contributed by atoms with E-state index in [1.165, 1.54) is 0 Å². The monoisotopic (exact) mass is 236 g/mol. The maximum atomic E-state index is 12.3. The zero-order valence-electron chi connectivity index (χ0n) is 10.3. The molecule has 1 N–H and O–H groups in total. The molecule has 4 nitrogen and oxygen atoms in total. The molecular weight excluding hydrogens is 216 g/mol. The van der Waals surface area contributed by atoms with E-state index in [2.05, 4.69) is 11.4 Å². The maximum absolute atomic E-state index is 12.3. The Bertz CT molecular complexity index is 334. The largest absolute Gasteiger partial charge is 0.344 e. The molecule has 0 bridgehead atoms. The smallest absolute Gasteiger partial charge is 0.245 e. The van der Waals surface area contributed by atoms with Crippen molar-refractivity contribution in [3.63, 3.8) is 0 Å². The predicted molar refractivity (Wildman–Crippen MR) is 65.3 cm³/mol. The standard InChI is InChI=1S/C13H20N2O2/c1-2-3-4-8-15-9-7-11(16)14-12(13(15)17)10-5-6-10/h2-3,10,12H,4-9H2,1H3,(H,14,16)/b3-2+. The highest BCUT2D eigenvalue weighted by molar-refractivity contribution is 5.90. The van der Waals surface area contributed by atoms with E-state index in [1.807, 2.05) is 17.9 Å². The third-order valence-electron chi connectivity index (χ3n) is 3.40. The molecule has 1 aliphatic carbocycles. The minimum absolute atomic E-state index is 0.0174. The fourth-order valence-electron chi connectivity index (χ4n) is 2.22. The van der Waals surface area contributed by atoms with E-state index in [1.54, 1.807) is 0 Å². The molecule has 0 aromatic carbocycles. The number of allylic oxidation sites excluding steroid dienone is 1. The Hall–Kier alpha value is -1.32. The molecule has 17 heavy (non-hydrogen) atoms. The second-order valence-corrected chi connectivity index (χ2v) is 4.82. The summed E-state index contributed by atoms with van der Waals surface area (Å²) in [5, 5.41) is 2.86. The molecule has 1 aliphatic heterocycles. The highest BCUT2D eigenvalue weighted by atomic mass is 16.2. The molecule has 0 spiro atoms. The van der Waals surface area contributed by atoms with E-state index in [4.69, 9.17) is 0 Å². The van der Waals surface area contributed by atoms with E-state index in [0.717, 1.165) is 25.8 Å². The van der Waals surface area contributed by atoms with Gasteiger partial charge in [-0.15, -0.1) is 0 Å². The van der Waals surface area contributed by atoms with Crippen LogP contribution < -0.4 is 5.32 Å². The summed E-state index contributed by atoms with van der Waals surface area (Å²) in [6, 6.07) is -0.254. The lowest BCUT2D eigenvalue weighted by Gasteiger charge is -2.23. The first-order chi connectivity index (χ1) is 8.22. The molecule has 2 fully saturated rings. The lowest BCUT2D eigenvalue weighted by molar-refractivity contribution is -0.134. The summed E-state index contributed by atoms with van der Waals surface area (Å²) in [6.07, 6.45) is 7.49. The van der Waals surface area contributed by atoms with E-state index in [0.29, 0.717) is 18.9 Å². The fourth-order valence-corrected chi connectivity index (χ4v) is 2.22. The van der Waals surface area contributed by atoms with Crippen molar-refractivity contribution in [2.75, 3.05) is 13.1 Å². The third kappa shape index (κ3) is 3.08. The summed E-state index contributed by atoms with van der Waals surface area (Å²) >= 11 is 0. The van der Waals surface area contributed by atoms with Crippen molar-refractivity contribution in [3.8, 4) is 0 Å². The SMILES string of the molecule is C/C=C/CCN1CCC(=O)NC(C2CC2)C1=O. The van der Waals surface area contributed by atoms with Crippen LogP contribution in [-0.2, 0) is 9.59 Å². The first kappa shape index (κ1) is 12.1. The number of rotatable bonds is 4. The highest BCUT2D eigenvalue weighted by Crippen LogP contribution is 2.34. The van der Waals surface area contributed by atoms with E-state index in [-0.39, 0.29) is 17.9 Å². The Morgan fingerprint density at radius 1 is 1.41 bits per heavy atom. The third-order valence-corrected chi connectivity index (χ3v) is 3.40. The highest BCUT2D eigenvalue weighted by Gasteiger charge is 2.40. The lowest BCUT2D eigenvalue weighted by Crippen LogP contribution is -2.46. The average Bonchev–Trinajstić information content (AvgIpc) is 3.13. The zero-order chi connectivity index (χ0) is 12.3. The molecule has 0 aromatic heterocycles. The Balaban J connectivity index is 1.99. The van der Waals surface area contributed by atoms with Gasteiger partial charge in [0.2, 0.25) is 11.8 Å². The van der Waals surface area contributed by atoms with Gasteiger partial charge < -0.3 is 10.2 Å². The Morgan fingerprint density at radius 2 is 2.18 bits per heavy atom. The summed E-state index contributed by atoms with van der Waals surface area (Å²) < 4.78 is 0. The van der Waals surface area contributed by atoms with Gasteiger partial charge in [0, 0.05) is 19.5 Å². The zero-order valence-corrected chi connectivity index (χ0v) is 10.3. The summed E-state index contributed by atoms with van der Waals surface area (Å²) in [5.74, 6) is 0.514. The number of nitrogens with one attached hydrogen (secondary N) is 1. The molecule has 1 atom stereocenters. The minimum Gasteiger partial charge on any atom is -0.344 e. The van der Waals surface area contributed by atoms with Crippen LogP contribution in [0.2, 0.25) is 0 Å². The molecule has 1 saturated carbocycles. The second-order valence-electron chi connectivity index (χ2n) is 4.82. The molecule has 1 unspecified atom stereocenters. The van der Waals surface area contributed by atoms with Gasteiger partial charge in [0.25, 0.3) is 0 Å². The predicted octanol–water partition coefficient (Wildman–Crippen LogP) is 1.08. The van der Waals surface area contributed by atoms with Crippen LogP contribution in [-0.4, -0.2) is 35.8 Å². The molecule has 2 aliphatic rings. The molecular formula is C13H20N2O2. The van der Waals surface area contributed by atoms with Crippen molar-refractivity contribution in [2.45, 2.75) is 38.6 Å². The summed E-state index contributed by atoms with van der Waals surface area (Å²) in [4.78, 5) is 25.6. The van der Waals surface area contributed by atoms with Crippen molar-refractivity contribution in [1.29, 1.82) is 0 Å². The maximum Gasteiger partial charge on any atom is 0.245 e. The molecule has 0 aromatic rings. The topological polar surface area (TPSA) is 49.4 Å². The number of carbonyl (C=O) groups is 2. The second kappa shape index (κ2) is 5.34. The van der Waals surface area contributed by atoms with E-state index in [9.17, 15) is 9.59 Å². The van der Waals surface area contributed by atoms with Gasteiger partial charge in [-0.05, 0) is 32.1 Å². The van der Waals surface area contributed by atoms with Gasteiger partial charge in [0.05, 0.1) is 0 Å². The number of nitrogens with zero attached hydrogens (tertiary/aromatic N) is 1. The molecule has 0 radical (unpaired) electrons. The molecule has 2 rings (SSSR count). The quantitative estimate of drug-likeness (QED) is 0.743. The van der Waals surface area contributed by atoms with Crippen LogP contribution in [0.15, 0.2) is 12.2 Å². The lowest BCUT2D eigenvalue weighted by atomic mass is 10.1. The fraction of sp³-hybridized carbons (Fsp3) is 0.692. The van der Waals surface area contributed by atoms with Crippen LogP contribution in [0.1, 0.15) is 32.6 Å². The molecule has 2 amide bonds. The van der Waals surface area contributed by atoms with E-state index < -0.39 is 0 Å². The Kier molecular flexibility index (Phi) is 3.82. The molecule has 1 saturated heterocycles. The summed E-state index contributed by atoms with van der Waals surface area (Å²) in [7, 11) is 0. The van der Waals surface area contributed by atoms with Gasteiger partial charge in [0.15, 0.2) is 0 Å². The number of carbonyl (C=O) groups excluding carboxylic acids is 2. The van der Waals surface area contributed by atoms with Crippen LogP contribution in [0.25, 0.3) is 0 Å². The number of amides is 2. The van der Waals surface area contributed by atoms with E-state index >= 15 is 0 Å². The number of hydrogen-bond acceptors (Lipinski definition) is 2. The first-order valence-corrected chi connectivity index (χ1v) is 6.41. The van der Waals surface area contributed by atoms with Gasteiger partial charge in [-0.25, -0.2) is 0 Å². The van der Waals surface area contributed by atoms with Crippen LogP contribution >= 0.6 is 0 Å². The number of hydrogen-bond donors (Lipinski definition) is 1. The van der Waals surface area contributed by atoms with Gasteiger partial charge in [-0.2, -0.15) is 0 Å². The van der Waals surface area contributed by atoms with Gasteiger partial charge >= 0.3 is 0 Å². The summed E-state index contributed by atoms with van der Waals surface area (Å²) in [6.45, 7) is 3.26. The van der Waals surface area contributed by atoms with Crippen molar-refractivity contribution in [1.82, 2.24) is 10.2 Å². The molecule has 94 valence electrons. The molecule has 1 heterocycles. The summed E-state index contributed by atoms with van der Waals surface area (Å²) in [5.41, 5.74) is 0.